The second kappa shape index (κ2) is 7.26. The number of carbonyl (C=O) groups is 2. The highest BCUT2D eigenvalue weighted by Crippen LogP contribution is 2.43. The van der Waals surface area contributed by atoms with E-state index in [1.165, 1.54) is 24.1 Å². The van der Waals surface area contributed by atoms with E-state index in [4.69, 9.17) is 14.2 Å². The van der Waals surface area contributed by atoms with Gasteiger partial charge in [0.15, 0.2) is 11.5 Å². The summed E-state index contributed by atoms with van der Waals surface area (Å²) in [4.78, 5) is 37.9. The van der Waals surface area contributed by atoms with E-state index in [-0.39, 0.29) is 35.5 Å². The Balaban J connectivity index is 1.79. The maximum Gasteiger partial charge on any atom is 0.338 e. The average molecular weight is 403 g/mol. The topological polar surface area (TPSA) is 120 Å². The maximum atomic E-state index is 13.0. The third kappa shape index (κ3) is 3.34. The Morgan fingerprint density at radius 2 is 1.93 bits per heavy atom. The van der Waals surface area contributed by atoms with Crippen molar-refractivity contribution in [3.05, 3.63) is 39.1 Å². The molecule has 154 valence electrons. The summed E-state index contributed by atoms with van der Waals surface area (Å²) in [5.41, 5.74) is 0.413. The number of carbonyl (C=O) groups excluding carboxylic acids is 2. The Morgan fingerprint density at radius 3 is 2.59 bits per heavy atom. The van der Waals surface area contributed by atoms with Crippen molar-refractivity contribution in [2.24, 2.45) is 0 Å². The molecule has 1 aromatic rings. The number of amides is 2. The SMILES string of the molecule is CC1=C(C(=O)OC2CCCC2)C(c2cc3c(cc2[N+](=O)[O-])OCO3)NC(=O)N1C. The summed E-state index contributed by atoms with van der Waals surface area (Å²) in [6.07, 6.45) is 3.37. The fraction of sp³-hybridized carbons (Fsp3) is 0.474. The lowest BCUT2D eigenvalue weighted by atomic mass is 9.93. The summed E-state index contributed by atoms with van der Waals surface area (Å²) in [6, 6.07) is 1.17. The standard InChI is InChI=1S/C19H21N3O7/c1-10-16(18(23)29-11-5-3-4-6-11)17(20-19(24)21(10)2)12-7-14-15(28-9-27-14)8-13(12)22(25)26/h7-8,11,17H,3-6,9H2,1-2H3,(H,20,24). The van der Waals surface area contributed by atoms with Crippen LogP contribution in [0.25, 0.3) is 0 Å². The van der Waals surface area contributed by atoms with Crippen molar-refractivity contribution >= 4 is 17.7 Å². The van der Waals surface area contributed by atoms with E-state index in [0.29, 0.717) is 11.4 Å². The van der Waals surface area contributed by atoms with Crippen LogP contribution in [0.5, 0.6) is 11.5 Å². The number of rotatable bonds is 4. The van der Waals surface area contributed by atoms with Crippen molar-refractivity contribution in [2.45, 2.75) is 44.8 Å². The van der Waals surface area contributed by atoms with Gasteiger partial charge in [-0.05, 0) is 38.7 Å². The number of benzene rings is 1. The molecule has 0 aromatic heterocycles. The first-order chi connectivity index (χ1) is 13.9. The third-order valence-electron chi connectivity index (χ3n) is 5.58. The van der Waals surface area contributed by atoms with Crippen LogP contribution in [-0.2, 0) is 9.53 Å². The first kappa shape index (κ1) is 19.0. The van der Waals surface area contributed by atoms with Gasteiger partial charge in [-0.25, -0.2) is 9.59 Å². The molecule has 1 saturated carbocycles. The van der Waals surface area contributed by atoms with E-state index >= 15 is 0 Å². The minimum atomic E-state index is -1.04. The van der Waals surface area contributed by atoms with Crippen LogP contribution in [0, 0.1) is 10.1 Å². The van der Waals surface area contributed by atoms with Crippen LogP contribution in [0.15, 0.2) is 23.4 Å². The van der Waals surface area contributed by atoms with Gasteiger partial charge in [-0.1, -0.05) is 0 Å². The van der Waals surface area contributed by atoms with Crippen LogP contribution in [0.2, 0.25) is 0 Å². The van der Waals surface area contributed by atoms with Gasteiger partial charge in [-0.3, -0.25) is 10.1 Å². The smallest absolute Gasteiger partial charge is 0.338 e. The molecule has 2 heterocycles. The zero-order valence-corrected chi connectivity index (χ0v) is 16.1. The zero-order valence-electron chi connectivity index (χ0n) is 16.1. The van der Waals surface area contributed by atoms with Crippen LogP contribution in [0.3, 0.4) is 0 Å². The number of nitrogens with zero attached hydrogens (tertiary/aromatic N) is 2. The number of esters is 1. The monoisotopic (exact) mass is 403 g/mol. The molecule has 1 aliphatic carbocycles. The molecule has 1 atom stereocenters. The van der Waals surface area contributed by atoms with Gasteiger partial charge in [0.25, 0.3) is 5.69 Å². The summed E-state index contributed by atoms with van der Waals surface area (Å²) in [5, 5.41) is 14.4. The second-order valence-corrected chi connectivity index (χ2v) is 7.27. The summed E-state index contributed by atoms with van der Waals surface area (Å²) >= 11 is 0. The minimum absolute atomic E-state index is 0.0544. The summed E-state index contributed by atoms with van der Waals surface area (Å²) in [5.74, 6) is -0.0198. The molecule has 0 bridgehead atoms. The molecular weight excluding hydrogens is 382 g/mol. The predicted octanol–water partition coefficient (Wildman–Crippen LogP) is 2.78. The van der Waals surface area contributed by atoms with Crippen molar-refractivity contribution in [2.75, 3.05) is 13.8 Å². The van der Waals surface area contributed by atoms with Gasteiger partial charge in [-0.2, -0.15) is 0 Å². The van der Waals surface area contributed by atoms with Crippen LogP contribution in [-0.4, -0.2) is 41.8 Å². The number of nitro benzene ring substituents is 1. The molecule has 0 radical (unpaired) electrons. The van der Waals surface area contributed by atoms with E-state index in [2.05, 4.69) is 5.32 Å². The number of allylic oxidation sites excluding steroid dienone is 1. The maximum absolute atomic E-state index is 13.0. The zero-order chi connectivity index (χ0) is 20.7. The number of fused-ring (bicyclic) bond motifs is 1. The van der Waals surface area contributed by atoms with Crippen LogP contribution >= 0.6 is 0 Å². The molecule has 1 aromatic carbocycles. The summed E-state index contributed by atoms with van der Waals surface area (Å²) < 4.78 is 16.2. The number of nitrogens with one attached hydrogen (secondary N) is 1. The van der Waals surface area contributed by atoms with Crippen LogP contribution in [0.1, 0.15) is 44.2 Å². The number of ether oxygens (including phenoxy) is 3. The highest BCUT2D eigenvalue weighted by molar-refractivity contribution is 5.95. The Bertz CT molecular complexity index is 921. The fourth-order valence-corrected chi connectivity index (χ4v) is 3.89. The molecule has 1 unspecified atom stereocenters. The molecule has 0 saturated heterocycles. The minimum Gasteiger partial charge on any atom is -0.459 e. The molecule has 10 heteroatoms. The lowest BCUT2D eigenvalue weighted by Gasteiger charge is -2.33. The van der Waals surface area contributed by atoms with Gasteiger partial charge in [-0.15, -0.1) is 0 Å². The van der Waals surface area contributed by atoms with Gasteiger partial charge in [0.1, 0.15) is 6.10 Å². The van der Waals surface area contributed by atoms with Crippen LogP contribution < -0.4 is 14.8 Å². The summed E-state index contributed by atoms with van der Waals surface area (Å²) in [7, 11) is 1.53. The third-order valence-corrected chi connectivity index (χ3v) is 5.58. The first-order valence-corrected chi connectivity index (χ1v) is 9.40. The molecule has 1 fully saturated rings. The van der Waals surface area contributed by atoms with Crippen molar-refractivity contribution < 1.29 is 28.7 Å². The van der Waals surface area contributed by atoms with Crippen molar-refractivity contribution in [3.8, 4) is 11.5 Å². The highest BCUT2D eigenvalue weighted by Gasteiger charge is 2.40. The quantitative estimate of drug-likeness (QED) is 0.466. The Kier molecular flexibility index (Phi) is 4.77. The van der Waals surface area contributed by atoms with Crippen molar-refractivity contribution in [1.82, 2.24) is 10.2 Å². The highest BCUT2D eigenvalue weighted by atomic mass is 16.7. The van der Waals surface area contributed by atoms with Crippen LogP contribution in [0.4, 0.5) is 10.5 Å². The molecule has 10 nitrogen and oxygen atoms in total. The van der Waals surface area contributed by atoms with Gasteiger partial charge in [0.2, 0.25) is 6.79 Å². The van der Waals surface area contributed by atoms with E-state index in [1.54, 1.807) is 6.92 Å². The van der Waals surface area contributed by atoms with E-state index in [9.17, 15) is 19.7 Å². The lowest BCUT2D eigenvalue weighted by Crippen LogP contribution is -2.46. The number of nitro groups is 1. The van der Waals surface area contributed by atoms with Gasteiger partial charge in [0, 0.05) is 12.7 Å². The Hall–Kier alpha value is -3.30. The lowest BCUT2D eigenvalue weighted by molar-refractivity contribution is -0.385. The molecule has 3 aliphatic rings. The Morgan fingerprint density at radius 1 is 1.28 bits per heavy atom. The van der Waals surface area contributed by atoms with Crippen molar-refractivity contribution in [1.29, 1.82) is 0 Å². The molecule has 0 spiro atoms. The first-order valence-electron chi connectivity index (χ1n) is 9.40. The number of hydrogen-bond acceptors (Lipinski definition) is 7. The molecule has 4 rings (SSSR count). The predicted molar refractivity (Wildman–Crippen MR) is 99.3 cm³/mol. The largest absolute Gasteiger partial charge is 0.459 e. The molecule has 2 amide bonds. The van der Waals surface area contributed by atoms with Gasteiger partial charge >= 0.3 is 12.0 Å². The van der Waals surface area contributed by atoms with E-state index in [0.717, 1.165) is 25.7 Å². The molecule has 2 aliphatic heterocycles. The summed E-state index contributed by atoms with van der Waals surface area (Å²) in [6.45, 7) is 1.57. The number of urea groups is 1. The normalized spacial score (nSPS) is 21.4. The van der Waals surface area contributed by atoms with E-state index < -0.39 is 23.0 Å². The fourth-order valence-electron chi connectivity index (χ4n) is 3.89. The van der Waals surface area contributed by atoms with Gasteiger partial charge in [0.05, 0.1) is 28.2 Å². The average Bonchev–Trinajstić information content (AvgIpc) is 3.35. The molecule has 29 heavy (non-hydrogen) atoms. The molecular formula is C19H21N3O7. The number of hydrogen-bond donors (Lipinski definition) is 1. The Labute approximate surface area is 166 Å². The van der Waals surface area contributed by atoms with Gasteiger partial charge < -0.3 is 24.4 Å². The van der Waals surface area contributed by atoms with Crippen molar-refractivity contribution in [3.63, 3.8) is 0 Å². The second-order valence-electron chi connectivity index (χ2n) is 7.27. The van der Waals surface area contributed by atoms with E-state index in [1.807, 2.05) is 0 Å². The molecule has 1 N–H and O–H groups in total.